The lowest BCUT2D eigenvalue weighted by atomic mass is 10.1. The third-order valence-electron chi connectivity index (χ3n) is 2.93. The summed E-state index contributed by atoms with van der Waals surface area (Å²) in [6, 6.07) is 6.43. The molecular weight excluding hydrogens is 330 g/mol. The Hall–Kier alpha value is -2.48. The van der Waals surface area contributed by atoms with Gasteiger partial charge in [-0.25, -0.2) is 9.78 Å². The zero-order valence-electron chi connectivity index (χ0n) is 14.0. The zero-order valence-corrected chi connectivity index (χ0v) is 14.8. The number of benzene rings is 1. The Morgan fingerprint density at radius 2 is 2.12 bits per heavy atom. The van der Waals surface area contributed by atoms with Crippen molar-refractivity contribution in [2.75, 3.05) is 5.32 Å². The summed E-state index contributed by atoms with van der Waals surface area (Å²) >= 11 is 1.33. The average Bonchev–Trinajstić information content (AvgIpc) is 2.76. The lowest BCUT2D eigenvalue weighted by molar-refractivity contribution is -0.384. The fraction of sp³-hybridized carbons (Fsp3) is 0.375. The third-order valence-corrected chi connectivity index (χ3v) is 4.00. The minimum absolute atomic E-state index is 0.0490. The van der Waals surface area contributed by atoms with Crippen LogP contribution in [0.5, 0.6) is 0 Å². The van der Waals surface area contributed by atoms with E-state index >= 15 is 0 Å². The molecule has 0 saturated carbocycles. The summed E-state index contributed by atoms with van der Waals surface area (Å²) in [6.07, 6.45) is -0.0699. The molecule has 1 amide bonds. The maximum atomic E-state index is 11.8. The quantitative estimate of drug-likeness (QED) is 0.656. The number of nitro groups is 1. The van der Waals surface area contributed by atoms with Gasteiger partial charge in [-0.15, -0.1) is 11.3 Å². The van der Waals surface area contributed by atoms with Gasteiger partial charge in [-0.3, -0.25) is 15.4 Å². The molecule has 0 bridgehead atoms. The monoisotopic (exact) mass is 349 g/mol. The molecule has 0 saturated heterocycles. The van der Waals surface area contributed by atoms with Gasteiger partial charge in [0.25, 0.3) is 5.69 Å². The van der Waals surface area contributed by atoms with E-state index in [9.17, 15) is 14.9 Å². The van der Waals surface area contributed by atoms with Crippen molar-refractivity contribution in [3.05, 3.63) is 50.6 Å². The molecule has 2 aromatic rings. The second kappa shape index (κ2) is 6.96. The second-order valence-corrected chi connectivity index (χ2v) is 7.34. The van der Waals surface area contributed by atoms with Crippen molar-refractivity contribution in [3.63, 3.8) is 0 Å². The first kappa shape index (κ1) is 17.9. The van der Waals surface area contributed by atoms with E-state index in [0.29, 0.717) is 17.1 Å². The molecule has 1 aromatic heterocycles. The molecule has 1 heterocycles. The first-order chi connectivity index (χ1) is 11.1. The number of ether oxygens (including phenoxy) is 1. The SMILES string of the molecule is Cc1nc(Cc2cccc([N+](=O)[O-])c2)sc1NC(=O)OC(C)(C)C. The smallest absolute Gasteiger partial charge is 0.412 e. The van der Waals surface area contributed by atoms with Crippen LogP contribution in [0.3, 0.4) is 0 Å². The number of carbonyl (C=O) groups is 1. The highest BCUT2D eigenvalue weighted by Crippen LogP contribution is 2.27. The van der Waals surface area contributed by atoms with Crippen LogP contribution in [0.2, 0.25) is 0 Å². The van der Waals surface area contributed by atoms with Gasteiger partial charge < -0.3 is 4.74 Å². The fourth-order valence-electron chi connectivity index (χ4n) is 1.99. The number of carbonyl (C=O) groups excluding carboxylic acids is 1. The summed E-state index contributed by atoms with van der Waals surface area (Å²) < 4.78 is 5.22. The molecular formula is C16H19N3O4S. The number of non-ortho nitro benzene ring substituents is 1. The van der Waals surface area contributed by atoms with Gasteiger partial charge in [0, 0.05) is 18.6 Å². The highest BCUT2D eigenvalue weighted by molar-refractivity contribution is 7.16. The van der Waals surface area contributed by atoms with Crippen LogP contribution >= 0.6 is 11.3 Å². The van der Waals surface area contributed by atoms with Crippen molar-refractivity contribution in [3.8, 4) is 0 Å². The van der Waals surface area contributed by atoms with Gasteiger partial charge in [-0.2, -0.15) is 0 Å². The van der Waals surface area contributed by atoms with Crippen LogP contribution in [-0.4, -0.2) is 21.6 Å². The number of rotatable bonds is 4. The van der Waals surface area contributed by atoms with Crippen LogP contribution in [0.1, 0.15) is 37.0 Å². The molecule has 0 atom stereocenters. The largest absolute Gasteiger partial charge is 0.444 e. The minimum atomic E-state index is -0.575. The number of aromatic nitrogens is 1. The molecule has 0 aliphatic rings. The number of thiazole rings is 1. The van der Waals surface area contributed by atoms with Crippen LogP contribution < -0.4 is 5.32 Å². The minimum Gasteiger partial charge on any atom is -0.444 e. The Balaban J connectivity index is 2.10. The molecule has 128 valence electrons. The van der Waals surface area contributed by atoms with E-state index in [-0.39, 0.29) is 5.69 Å². The Labute approximate surface area is 143 Å². The number of aryl methyl sites for hydroxylation is 1. The lowest BCUT2D eigenvalue weighted by Gasteiger charge is -2.19. The van der Waals surface area contributed by atoms with Crippen LogP contribution in [0.15, 0.2) is 24.3 Å². The standard InChI is InChI=1S/C16H19N3O4S/c1-10-14(18-15(20)23-16(2,3)4)24-13(17-10)9-11-6-5-7-12(8-11)19(21)22/h5-8H,9H2,1-4H3,(H,18,20). The molecule has 0 aliphatic carbocycles. The molecule has 24 heavy (non-hydrogen) atoms. The molecule has 8 heteroatoms. The van der Waals surface area contributed by atoms with E-state index < -0.39 is 16.6 Å². The lowest BCUT2D eigenvalue weighted by Crippen LogP contribution is -2.27. The molecule has 1 N–H and O–H groups in total. The molecule has 2 rings (SSSR count). The van der Waals surface area contributed by atoms with Gasteiger partial charge in [-0.05, 0) is 33.3 Å². The number of anilines is 1. The Bertz CT molecular complexity index is 765. The highest BCUT2D eigenvalue weighted by Gasteiger charge is 2.18. The molecule has 0 unspecified atom stereocenters. The normalized spacial score (nSPS) is 11.2. The summed E-state index contributed by atoms with van der Waals surface area (Å²) in [5.74, 6) is 0. The fourth-order valence-corrected chi connectivity index (χ4v) is 2.98. The zero-order chi connectivity index (χ0) is 17.9. The van der Waals surface area contributed by atoms with Crippen molar-refractivity contribution in [2.24, 2.45) is 0 Å². The first-order valence-corrected chi connectivity index (χ1v) is 8.15. The van der Waals surface area contributed by atoms with Gasteiger partial charge in [0.1, 0.15) is 10.6 Å². The van der Waals surface area contributed by atoms with Gasteiger partial charge in [-0.1, -0.05) is 12.1 Å². The van der Waals surface area contributed by atoms with E-state index in [2.05, 4.69) is 10.3 Å². The van der Waals surface area contributed by atoms with Crippen LogP contribution in [0.4, 0.5) is 15.5 Å². The number of nitrogens with zero attached hydrogens (tertiary/aromatic N) is 2. The predicted octanol–water partition coefficient (Wildman–Crippen LogP) is 4.30. The maximum Gasteiger partial charge on any atom is 0.412 e. The van der Waals surface area contributed by atoms with E-state index in [0.717, 1.165) is 10.6 Å². The van der Waals surface area contributed by atoms with Gasteiger partial charge in [0.05, 0.1) is 15.6 Å². The number of hydrogen-bond donors (Lipinski definition) is 1. The van der Waals surface area contributed by atoms with E-state index in [4.69, 9.17) is 4.74 Å². The third kappa shape index (κ3) is 5.02. The van der Waals surface area contributed by atoms with E-state index in [1.807, 2.05) is 6.07 Å². The van der Waals surface area contributed by atoms with Crippen molar-refractivity contribution in [1.29, 1.82) is 0 Å². The molecule has 0 radical (unpaired) electrons. The second-order valence-electron chi connectivity index (χ2n) is 6.25. The Morgan fingerprint density at radius 3 is 2.75 bits per heavy atom. The van der Waals surface area contributed by atoms with Gasteiger partial charge >= 0.3 is 6.09 Å². The summed E-state index contributed by atoms with van der Waals surface area (Å²) in [5.41, 5.74) is 0.954. The Morgan fingerprint density at radius 1 is 1.42 bits per heavy atom. The summed E-state index contributed by atoms with van der Waals surface area (Å²) in [5, 5.41) is 14.9. The maximum absolute atomic E-state index is 11.8. The molecule has 0 aliphatic heterocycles. The average molecular weight is 349 g/mol. The predicted molar refractivity (Wildman–Crippen MR) is 92.6 cm³/mol. The number of amides is 1. The van der Waals surface area contributed by atoms with Crippen LogP contribution in [-0.2, 0) is 11.2 Å². The topological polar surface area (TPSA) is 94.4 Å². The van der Waals surface area contributed by atoms with Crippen molar-refractivity contribution in [2.45, 2.75) is 39.7 Å². The number of nitrogens with one attached hydrogen (secondary N) is 1. The van der Waals surface area contributed by atoms with Crippen molar-refractivity contribution < 1.29 is 14.5 Å². The molecule has 0 spiro atoms. The van der Waals surface area contributed by atoms with E-state index in [1.54, 1.807) is 33.8 Å². The molecule has 0 fully saturated rings. The van der Waals surface area contributed by atoms with E-state index in [1.165, 1.54) is 23.5 Å². The van der Waals surface area contributed by atoms with Gasteiger partial charge in [0.15, 0.2) is 0 Å². The summed E-state index contributed by atoms with van der Waals surface area (Å²) in [4.78, 5) is 26.7. The van der Waals surface area contributed by atoms with Crippen molar-refractivity contribution >= 4 is 28.1 Å². The summed E-state index contributed by atoms with van der Waals surface area (Å²) in [6.45, 7) is 7.17. The van der Waals surface area contributed by atoms with Crippen LogP contribution in [0.25, 0.3) is 0 Å². The van der Waals surface area contributed by atoms with Gasteiger partial charge in [0.2, 0.25) is 0 Å². The summed E-state index contributed by atoms with van der Waals surface area (Å²) in [7, 11) is 0. The number of hydrogen-bond acceptors (Lipinski definition) is 6. The molecule has 7 nitrogen and oxygen atoms in total. The molecule has 1 aromatic carbocycles. The van der Waals surface area contributed by atoms with Crippen LogP contribution in [0, 0.1) is 17.0 Å². The van der Waals surface area contributed by atoms with Crippen molar-refractivity contribution in [1.82, 2.24) is 4.98 Å². The first-order valence-electron chi connectivity index (χ1n) is 7.34. The number of nitro benzene ring substituents is 1. The Kier molecular flexibility index (Phi) is 5.18. The highest BCUT2D eigenvalue weighted by atomic mass is 32.1.